The van der Waals surface area contributed by atoms with Crippen LogP contribution in [-0.2, 0) is 14.8 Å². The van der Waals surface area contributed by atoms with Crippen molar-refractivity contribution in [2.24, 2.45) is 4.99 Å². The van der Waals surface area contributed by atoms with Gasteiger partial charge in [-0.15, -0.1) is 11.3 Å². The summed E-state index contributed by atoms with van der Waals surface area (Å²) >= 11 is 1.61. The van der Waals surface area contributed by atoms with E-state index in [-0.39, 0.29) is 6.04 Å². The predicted molar refractivity (Wildman–Crippen MR) is 133 cm³/mol. The zero-order valence-corrected chi connectivity index (χ0v) is 21.2. The summed E-state index contributed by atoms with van der Waals surface area (Å²) < 4.78 is 34.8. The fourth-order valence-electron chi connectivity index (χ4n) is 3.86. The molecular formula is C25H31N3O3S2. The number of aryl methyl sites for hydroxylation is 2. The Bertz CT molecular complexity index is 1290. The SMILES string of the molecule is CCC(C)n1c(-c2ccc(C)c(C)c2)csc1=Nc1ccc(S(=O)(=O)N2CCOCC2)cc1. The van der Waals surface area contributed by atoms with E-state index in [9.17, 15) is 8.42 Å². The van der Waals surface area contributed by atoms with Crippen molar-refractivity contribution in [3.63, 3.8) is 0 Å². The van der Waals surface area contributed by atoms with Crippen LogP contribution in [0, 0.1) is 13.8 Å². The van der Waals surface area contributed by atoms with E-state index in [1.165, 1.54) is 21.0 Å². The highest BCUT2D eigenvalue weighted by Crippen LogP contribution is 2.27. The van der Waals surface area contributed by atoms with Crippen LogP contribution < -0.4 is 4.80 Å². The lowest BCUT2D eigenvalue weighted by molar-refractivity contribution is 0.0730. The van der Waals surface area contributed by atoms with Gasteiger partial charge in [-0.1, -0.05) is 19.1 Å². The van der Waals surface area contributed by atoms with E-state index in [4.69, 9.17) is 9.73 Å². The Morgan fingerprint density at radius 2 is 1.76 bits per heavy atom. The summed E-state index contributed by atoms with van der Waals surface area (Å²) in [6.45, 7) is 10.3. The van der Waals surface area contributed by atoms with Gasteiger partial charge in [0, 0.05) is 24.5 Å². The minimum Gasteiger partial charge on any atom is -0.379 e. The van der Waals surface area contributed by atoms with Gasteiger partial charge in [-0.3, -0.25) is 0 Å². The monoisotopic (exact) mass is 485 g/mol. The molecule has 4 rings (SSSR count). The normalized spacial score (nSPS) is 16.8. The first-order valence-electron chi connectivity index (χ1n) is 11.3. The molecule has 1 aliphatic rings. The molecule has 0 saturated carbocycles. The molecule has 0 N–H and O–H groups in total. The van der Waals surface area contributed by atoms with Gasteiger partial charge in [-0.05, 0) is 74.2 Å². The van der Waals surface area contributed by atoms with E-state index in [2.05, 4.69) is 55.8 Å². The molecule has 2 heterocycles. The minimum absolute atomic E-state index is 0.285. The van der Waals surface area contributed by atoms with Crippen molar-refractivity contribution in [2.45, 2.75) is 45.1 Å². The van der Waals surface area contributed by atoms with Crippen LogP contribution in [0.4, 0.5) is 5.69 Å². The molecule has 0 radical (unpaired) electrons. The lowest BCUT2D eigenvalue weighted by Gasteiger charge is -2.26. The van der Waals surface area contributed by atoms with Crippen molar-refractivity contribution in [1.82, 2.24) is 8.87 Å². The molecule has 8 heteroatoms. The highest BCUT2D eigenvalue weighted by atomic mass is 32.2. The van der Waals surface area contributed by atoms with Gasteiger partial charge in [-0.25, -0.2) is 13.4 Å². The number of benzene rings is 2. The number of morpholine rings is 1. The van der Waals surface area contributed by atoms with Crippen molar-refractivity contribution < 1.29 is 13.2 Å². The highest BCUT2D eigenvalue weighted by molar-refractivity contribution is 7.89. The zero-order valence-electron chi connectivity index (χ0n) is 19.6. The fourth-order valence-corrected chi connectivity index (χ4v) is 6.29. The first-order chi connectivity index (χ1) is 15.8. The summed E-state index contributed by atoms with van der Waals surface area (Å²) in [5.41, 5.74) is 5.62. The molecule has 1 saturated heterocycles. The first kappa shape index (κ1) is 23.9. The lowest BCUT2D eigenvalue weighted by Crippen LogP contribution is -2.40. The van der Waals surface area contributed by atoms with Crippen molar-refractivity contribution in [2.75, 3.05) is 26.3 Å². The molecule has 1 atom stereocenters. The van der Waals surface area contributed by atoms with E-state index < -0.39 is 10.0 Å². The summed E-state index contributed by atoms with van der Waals surface area (Å²) in [6, 6.07) is 13.7. The smallest absolute Gasteiger partial charge is 0.243 e. The Morgan fingerprint density at radius 1 is 1.06 bits per heavy atom. The van der Waals surface area contributed by atoms with Crippen molar-refractivity contribution in [1.29, 1.82) is 0 Å². The van der Waals surface area contributed by atoms with Gasteiger partial charge in [0.05, 0.1) is 29.5 Å². The summed E-state index contributed by atoms with van der Waals surface area (Å²) in [4.78, 5) is 6.08. The van der Waals surface area contributed by atoms with Gasteiger partial charge in [0.2, 0.25) is 10.0 Å². The molecule has 1 fully saturated rings. The molecule has 1 unspecified atom stereocenters. The quantitative estimate of drug-likeness (QED) is 0.490. The van der Waals surface area contributed by atoms with Gasteiger partial charge in [0.15, 0.2) is 4.80 Å². The van der Waals surface area contributed by atoms with Gasteiger partial charge in [0.1, 0.15) is 0 Å². The predicted octanol–water partition coefficient (Wildman–Crippen LogP) is 5.06. The van der Waals surface area contributed by atoms with Crippen LogP contribution in [0.25, 0.3) is 11.3 Å². The molecule has 0 bridgehead atoms. The number of rotatable bonds is 6. The zero-order chi connectivity index (χ0) is 23.6. The Labute approximate surface area is 200 Å². The molecule has 2 aromatic carbocycles. The van der Waals surface area contributed by atoms with Crippen LogP contribution in [0.1, 0.15) is 37.4 Å². The maximum Gasteiger partial charge on any atom is 0.243 e. The third kappa shape index (κ3) is 4.99. The minimum atomic E-state index is -3.51. The second-order valence-corrected chi connectivity index (χ2v) is 11.2. The third-order valence-corrected chi connectivity index (χ3v) is 9.00. The maximum absolute atomic E-state index is 12.9. The van der Waals surface area contributed by atoms with E-state index in [0.717, 1.165) is 22.6 Å². The maximum atomic E-state index is 12.9. The standard InChI is InChI=1S/C25H31N3O3S2/c1-5-20(4)28-24(21-7-6-18(2)19(3)16-21)17-32-25(28)26-22-8-10-23(11-9-22)33(29,30)27-12-14-31-15-13-27/h6-11,16-17,20H,5,12-15H2,1-4H3. The Kier molecular flexibility index (Phi) is 7.19. The number of hydrogen-bond acceptors (Lipinski definition) is 5. The van der Waals surface area contributed by atoms with E-state index >= 15 is 0 Å². The van der Waals surface area contributed by atoms with E-state index in [0.29, 0.717) is 31.2 Å². The summed E-state index contributed by atoms with van der Waals surface area (Å²) in [7, 11) is -3.51. The number of aromatic nitrogens is 1. The second-order valence-electron chi connectivity index (χ2n) is 8.45. The topological polar surface area (TPSA) is 63.9 Å². The van der Waals surface area contributed by atoms with Crippen molar-refractivity contribution >= 4 is 27.0 Å². The molecular weight excluding hydrogens is 454 g/mol. The van der Waals surface area contributed by atoms with Gasteiger partial charge >= 0.3 is 0 Å². The average molecular weight is 486 g/mol. The molecule has 0 amide bonds. The van der Waals surface area contributed by atoms with Gasteiger partial charge < -0.3 is 9.30 Å². The van der Waals surface area contributed by atoms with Crippen LogP contribution in [0.5, 0.6) is 0 Å². The highest BCUT2D eigenvalue weighted by Gasteiger charge is 2.26. The Balaban J connectivity index is 1.70. The van der Waals surface area contributed by atoms with Gasteiger partial charge in [0.25, 0.3) is 0 Å². The summed E-state index contributed by atoms with van der Waals surface area (Å²) in [5.74, 6) is 0. The number of hydrogen-bond donors (Lipinski definition) is 0. The molecule has 1 aliphatic heterocycles. The molecule has 3 aromatic rings. The number of nitrogens with zero attached hydrogens (tertiary/aromatic N) is 3. The van der Waals surface area contributed by atoms with Gasteiger partial charge in [-0.2, -0.15) is 4.31 Å². The Morgan fingerprint density at radius 3 is 2.39 bits per heavy atom. The van der Waals surface area contributed by atoms with Crippen molar-refractivity contribution in [3.8, 4) is 11.3 Å². The molecule has 0 aliphatic carbocycles. The first-order valence-corrected chi connectivity index (χ1v) is 13.6. The van der Waals surface area contributed by atoms with E-state index in [1.807, 2.05) is 0 Å². The lowest BCUT2D eigenvalue weighted by atomic mass is 10.0. The van der Waals surface area contributed by atoms with Crippen LogP contribution in [-0.4, -0.2) is 43.6 Å². The molecule has 6 nitrogen and oxygen atoms in total. The van der Waals surface area contributed by atoms with Crippen LogP contribution in [0.15, 0.2) is 57.7 Å². The van der Waals surface area contributed by atoms with Crippen molar-refractivity contribution in [3.05, 3.63) is 63.8 Å². The molecule has 176 valence electrons. The molecule has 0 spiro atoms. The molecule has 1 aromatic heterocycles. The third-order valence-electron chi connectivity index (χ3n) is 6.25. The van der Waals surface area contributed by atoms with Crippen LogP contribution >= 0.6 is 11.3 Å². The fraction of sp³-hybridized carbons (Fsp3) is 0.400. The number of ether oxygens (including phenoxy) is 1. The largest absolute Gasteiger partial charge is 0.379 e. The average Bonchev–Trinajstić information content (AvgIpc) is 3.24. The van der Waals surface area contributed by atoms with Crippen LogP contribution in [0.3, 0.4) is 0 Å². The summed E-state index contributed by atoms with van der Waals surface area (Å²) in [6.07, 6.45) is 0.985. The second kappa shape index (κ2) is 9.93. The Hall–Kier alpha value is -2.26. The van der Waals surface area contributed by atoms with Crippen LogP contribution in [0.2, 0.25) is 0 Å². The summed E-state index contributed by atoms with van der Waals surface area (Å²) in [5, 5.41) is 2.16. The van der Waals surface area contributed by atoms with E-state index in [1.54, 1.807) is 35.6 Å². The number of sulfonamides is 1. The number of thiazole rings is 1. The molecule has 33 heavy (non-hydrogen) atoms.